The molecule has 0 radical (unpaired) electrons. The summed E-state index contributed by atoms with van der Waals surface area (Å²) < 4.78 is 0.965. The Balaban J connectivity index is 2.32. The van der Waals surface area contributed by atoms with Gasteiger partial charge in [0.1, 0.15) is 6.54 Å². The second kappa shape index (κ2) is 5.44. The summed E-state index contributed by atoms with van der Waals surface area (Å²) in [5.41, 5.74) is -0.0838. The van der Waals surface area contributed by atoms with E-state index in [-0.39, 0.29) is 12.5 Å². The van der Waals surface area contributed by atoms with E-state index in [1.54, 1.807) is 0 Å². The zero-order chi connectivity index (χ0) is 15.8. The van der Waals surface area contributed by atoms with E-state index in [4.69, 9.17) is 5.11 Å². The predicted octanol–water partition coefficient (Wildman–Crippen LogP) is 3.19. The summed E-state index contributed by atoms with van der Waals surface area (Å²) in [6.45, 7) is 5.34. The van der Waals surface area contributed by atoms with Crippen LogP contribution in [0.3, 0.4) is 0 Å². The molecule has 1 fully saturated rings. The van der Waals surface area contributed by atoms with E-state index < -0.39 is 16.9 Å². The lowest BCUT2D eigenvalue weighted by atomic mass is 9.92. The van der Waals surface area contributed by atoms with Crippen LogP contribution < -0.4 is 0 Å². The molecule has 0 saturated heterocycles. The molecule has 1 aliphatic rings. The van der Waals surface area contributed by atoms with Gasteiger partial charge in [-0.15, -0.1) is 0 Å². The van der Waals surface area contributed by atoms with Crippen molar-refractivity contribution in [2.24, 2.45) is 0 Å². The van der Waals surface area contributed by atoms with Crippen molar-refractivity contribution in [3.05, 3.63) is 34.3 Å². The summed E-state index contributed by atoms with van der Waals surface area (Å²) >= 11 is 3.39. The Labute approximate surface area is 133 Å². The molecule has 1 amide bonds. The first-order valence-electron chi connectivity index (χ1n) is 6.97. The van der Waals surface area contributed by atoms with Crippen molar-refractivity contribution in [3.63, 3.8) is 0 Å². The molecule has 0 aromatic heterocycles. The fraction of sp³-hybridized carbons (Fsp3) is 0.500. The van der Waals surface area contributed by atoms with Gasteiger partial charge in [-0.1, -0.05) is 28.1 Å². The summed E-state index contributed by atoms with van der Waals surface area (Å²) in [4.78, 5) is 25.5. The SMILES string of the molecule is CC(C)(C)N(CC(=O)O)C(=O)C1(c2ccc(Br)cc2)CC1. The molecular formula is C16H20BrNO3. The summed E-state index contributed by atoms with van der Waals surface area (Å²) in [5, 5.41) is 9.09. The Bertz CT molecular complexity index is 556. The van der Waals surface area contributed by atoms with Crippen LogP contribution in [-0.2, 0) is 15.0 Å². The van der Waals surface area contributed by atoms with E-state index in [2.05, 4.69) is 15.9 Å². The lowest BCUT2D eigenvalue weighted by molar-refractivity contribution is -0.149. The summed E-state index contributed by atoms with van der Waals surface area (Å²) in [6.07, 6.45) is 1.55. The maximum Gasteiger partial charge on any atom is 0.323 e. The zero-order valence-corrected chi connectivity index (χ0v) is 14.1. The Kier molecular flexibility index (Phi) is 4.15. The molecule has 0 heterocycles. The van der Waals surface area contributed by atoms with E-state index in [0.717, 1.165) is 22.9 Å². The Morgan fingerprint density at radius 3 is 2.14 bits per heavy atom. The number of halogens is 1. The molecule has 0 bridgehead atoms. The van der Waals surface area contributed by atoms with Crippen LogP contribution in [0.2, 0.25) is 0 Å². The molecule has 1 N–H and O–H groups in total. The topological polar surface area (TPSA) is 57.6 Å². The third kappa shape index (κ3) is 3.28. The minimum absolute atomic E-state index is 0.0836. The average Bonchev–Trinajstić information content (AvgIpc) is 3.16. The van der Waals surface area contributed by atoms with Gasteiger partial charge in [-0.05, 0) is 51.3 Å². The van der Waals surface area contributed by atoms with Crippen molar-refractivity contribution in [2.75, 3.05) is 6.54 Å². The smallest absolute Gasteiger partial charge is 0.323 e. The minimum atomic E-state index is -0.982. The third-order valence-electron chi connectivity index (χ3n) is 3.90. The van der Waals surface area contributed by atoms with Crippen LogP contribution in [-0.4, -0.2) is 34.0 Å². The highest BCUT2D eigenvalue weighted by atomic mass is 79.9. The molecule has 0 aliphatic heterocycles. The molecule has 21 heavy (non-hydrogen) atoms. The van der Waals surface area contributed by atoms with Gasteiger partial charge in [0.25, 0.3) is 0 Å². The molecular weight excluding hydrogens is 334 g/mol. The second-order valence-electron chi connectivity index (χ2n) is 6.54. The van der Waals surface area contributed by atoms with Gasteiger partial charge < -0.3 is 10.0 Å². The normalized spacial score (nSPS) is 16.4. The highest BCUT2D eigenvalue weighted by Gasteiger charge is 2.54. The Morgan fingerprint density at radius 2 is 1.76 bits per heavy atom. The van der Waals surface area contributed by atoms with Crippen LogP contribution >= 0.6 is 15.9 Å². The number of hydrogen-bond donors (Lipinski definition) is 1. The summed E-state index contributed by atoms with van der Waals surface area (Å²) in [5.74, 6) is -1.07. The van der Waals surface area contributed by atoms with Crippen molar-refractivity contribution in [1.29, 1.82) is 0 Å². The Hall–Kier alpha value is -1.36. The number of aliphatic carboxylic acids is 1. The fourth-order valence-corrected chi connectivity index (χ4v) is 2.79. The lowest BCUT2D eigenvalue weighted by Gasteiger charge is -2.37. The van der Waals surface area contributed by atoms with Crippen LogP contribution in [0.15, 0.2) is 28.7 Å². The van der Waals surface area contributed by atoms with Gasteiger partial charge in [0.05, 0.1) is 5.41 Å². The number of hydrogen-bond acceptors (Lipinski definition) is 2. The van der Waals surface area contributed by atoms with E-state index in [1.165, 1.54) is 4.90 Å². The van der Waals surface area contributed by atoms with Crippen molar-refractivity contribution >= 4 is 27.8 Å². The van der Waals surface area contributed by atoms with E-state index >= 15 is 0 Å². The molecule has 1 aromatic rings. The van der Waals surface area contributed by atoms with Crippen molar-refractivity contribution in [2.45, 2.75) is 44.6 Å². The van der Waals surface area contributed by atoms with Gasteiger partial charge in [-0.3, -0.25) is 9.59 Å². The quantitative estimate of drug-likeness (QED) is 0.904. The summed E-state index contributed by atoms with van der Waals surface area (Å²) in [6, 6.07) is 7.72. The van der Waals surface area contributed by atoms with E-state index in [1.807, 2.05) is 45.0 Å². The average molecular weight is 354 g/mol. The molecule has 2 rings (SSSR count). The number of carbonyl (C=O) groups is 2. The zero-order valence-electron chi connectivity index (χ0n) is 12.5. The minimum Gasteiger partial charge on any atom is -0.480 e. The first-order chi connectivity index (χ1) is 9.67. The Morgan fingerprint density at radius 1 is 1.24 bits per heavy atom. The molecule has 0 atom stereocenters. The number of carbonyl (C=O) groups excluding carboxylic acids is 1. The predicted molar refractivity (Wildman–Crippen MR) is 84.2 cm³/mol. The van der Waals surface area contributed by atoms with Crippen LogP contribution in [0.4, 0.5) is 0 Å². The van der Waals surface area contributed by atoms with Crippen LogP contribution in [0.1, 0.15) is 39.2 Å². The number of benzene rings is 1. The molecule has 1 aliphatic carbocycles. The maximum absolute atomic E-state index is 12.9. The number of carboxylic acids is 1. The monoisotopic (exact) mass is 353 g/mol. The van der Waals surface area contributed by atoms with Crippen molar-refractivity contribution in [3.8, 4) is 0 Å². The largest absolute Gasteiger partial charge is 0.480 e. The molecule has 1 aromatic carbocycles. The molecule has 1 saturated carbocycles. The lowest BCUT2D eigenvalue weighted by Crippen LogP contribution is -2.52. The molecule has 0 unspecified atom stereocenters. The van der Waals surface area contributed by atoms with Gasteiger partial charge in [-0.2, -0.15) is 0 Å². The van der Waals surface area contributed by atoms with E-state index in [9.17, 15) is 9.59 Å². The fourth-order valence-electron chi connectivity index (χ4n) is 2.53. The van der Waals surface area contributed by atoms with Crippen LogP contribution in [0.5, 0.6) is 0 Å². The standard InChI is InChI=1S/C16H20BrNO3/c1-15(2,3)18(10-13(19)20)14(21)16(8-9-16)11-4-6-12(17)7-5-11/h4-7H,8-10H2,1-3H3,(H,19,20). The highest BCUT2D eigenvalue weighted by Crippen LogP contribution is 2.50. The number of carboxylic acid groups (broad SMARTS) is 1. The molecule has 114 valence electrons. The first-order valence-corrected chi connectivity index (χ1v) is 7.76. The van der Waals surface area contributed by atoms with Gasteiger partial charge in [-0.25, -0.2) is 0 Å². The molecule has 5 heteroatoms. The maximum atomic E-state index is 12.9. The van der Waals surface area contributed by atoms with Gasteiger partial charge in [0, 0.05) is 10.0 Å². The van der Waals surface area contributed by atoms with Crippen LogP contribution in [0, 0.1) is 0 Å². The first kappa shape index (κ1) is 16.0. The summed E-state index contributed by atoms with van der Waals surface area (Å²) in [7, 11) is 0. The van der Waals surface area contributed by atoms with Crippen molar-refractivity contribution in [1.82, 2.24) is 4.90 Å². The molecule has 4 nitrogen and oxygen atoms in total. The van der Waals surface area contributed by atoms with E-state index in [0.29, 0.717) is 0 Å². The number of nitrogens with zero attached hydrogens (tertiary/aromatic N) is 1. The second-order valence-corrected chi connectivity index (χ2v) is 7.46. The van der Waals surface area contributed by atoms with Gasteiger partial charge >= 0.3 is 5.97 Å². The van der Waals surface area contributed by atoms with Gasteiger partial charge in [0.2, 0.25) is 5.91 Å². The number of amides is 1. The van der Waals surface area contributed by atoms with Crippen molar-refractivity contribution < 1.29 is 14.7 Å². The number of rotatable bonds is 4. The van der Waals surface area contributed by atoms with Crippen LogP contribution in [0.25, 0.3) is 0 Å². The molecule has 0 spiro atoms. The highest BCUT2D eigenvalue weighted by molar-refractivity contribution is 9.10. The van der Waals surface area contributed by atoms with Gasteiger partial charge in [0.15, 0.2) is 0 Å². The third-order valence-corrected chi connectivity index (χ3v) is 4.43.